The molecule has 0 radical (unpaired) electrons. The smallest absolute Gasteiger partial charge is 0.306 e. The van der Waals surface area contributed by atoms with Gasteiger partial charge in [0.25, 0.3) is 0 Å². The van der Waals surface area contributed by atoms with E-state index in [-0.39, 0.29) is 11.6 Å². The standard InChI is InChI=1S/C20H32N2O2/c1-20(2,3)24-19(23)11-7-8-12-21-13-15-22(16-14-21)17-18-9-5-4-6-10-18/h4-6,9-10H,7-8,11-17H2,1-3H3. The van der Waals surface area contributed by atoms with Gasteiger partial charge in [0, 0.05) is 39.1 Å². The summed E-state index contributed by atoms with van der Waals surface area (Å²) in [7, 11) is 0. The lowest BCUT2D eigenvalue weighted by atomic mass is 10.1. The molecule has 1 aromatic rings. The summed E-state index contributed by atoms with van der Waals surface area (Å²) in [5, 5.41) is 0. The quantitative estimate of drug-likeness (QED) is 0.566. The van der Waals surface area contributed by atoms with Crippen LogP contribution in [0.25, 0.3) is 0 Å². The van der Waals surface area contributed by atoms with Crippen LogP contribution in [0.15, 0.2) is 30.3 Å². The van der Waals surface area contributed by atoms with Crippen LogP contribution >= 0.6 is 0 Å². The molecule has 1 fully saturated rings. The van der Waals surface area contributed by atoms with Crippen LogP contribution in [-0.2, 0) is 16.1 Å². The van der Waals surface area contributed by atoms with Crippen LogP contribution in [0.5, 0.6) is 0 Å². The molecule has 0 amide bonds. The van der Waals surface area contributed by atoms with E-state index in [1.807, 2.05) is 20.8 Å². The van der Waals surface area contributed by atoms with Gasteiger partial charge in [-0.3, -0.25) is 9.69 Å². The van der Waals surface area contributed by atoms with Gasteiger partial charge in [-0.25, -0.2) is 0 Å². The van der Waals surface area contributed by atoms with Gasteiger partial charge < -0.3 is 9.64 Å². The van der Waals surface area contributed by atoms with E-state index in [9.17, 15) is 4.79 Å². The molecule has 1 heterocycles. The Hall–Kier alpha value is -1.39. The van der Waals surface area contributed by atoms with Crippen LogP contribution in [0.1, 0.15) is 45.6 Å². The van der Waals surface area contributed by atoms with Crippen molar-refractivity contribution in [2.75, 3.05) is 32.7 Å². The molecule has 0 spiro atoms. The fraction of sp³-hybridized carbons (Fsp3) is 0.650. The summed E-state index contributed by atoms with van der Waals surface area (Å²) in [4.78, 5) is 16.7. The zero-order chi connectivity index (χ0) is 17.4. The van der Waals surface area contributed by atoms with Crippen LogP contribution in [0.2, 0.25) is 0 Å². The number of nitrogens with zero attached hydrogens (tertiary/aromatic N) is 2. The largest absolute Gasteiger partial charge is 0.460 e. The molecule has 134 valence electrons. The number of unbranched alkanes of at least 4 members (excludes halogenated alkanes) is 1. The van der Waals surface area contributed by atoms with Crippen molar-refractivity contribution < 1.29 is 9.53 Å². The van der Waals surface area contributed by atoms with Gasteiger partial charge in [0.1, 0.15) is 5.60 Å². The lowest BCUT2D eigenvalue weighted by molar-refractivity contribution is -0.154. The highest BCUT2D eigenvalue weighted by molar-refractivity contribution is 5.69. The number of carbonyl (C=O) groups is 1. The highest BCUT2D eigenvalue weighted by atomic mass is 16.6. The lowest BCUT2D eigenvalue weighted by Gasteiger charge is -2.34. The number of hydrogen-bond acceptors (Lipinski definition) is 4. The first kappa shape index (κ1) is 18.9. The second kappa shape index (κ2) is 9.19. The molecule has 0 aromatic heterocycles. The second-order valence-corrected chi connectivity index (χ2v) is 7.65. The molecule has 0 saturated carbocycles. The molecule has 0 atom stereocenters. The molecule has 1 aromatic carbocycles. The molecule has 0 unspecified atom stereocenters. The Kier molecular flexibility index (Phi) is 7.25. The van der Waals surface area contributed by atoms with Gasteiger partial charge >= 0.3 is 5.97 Å². The molecular formula is C20H32N2O2. The summed E-state index contributed by atoms with van der Waals surface area (Å²) in [5.41, 5.74) is 1.02. The molecular weight excluding hydrogens is 300 g/mol. The van der Waals surface area contributed by atoms with E-state index in [4.69, 9.17) is 4.74 Å². The predicted molar refractivity (Wildman–Crippen MR) is 97.9 cm³/mol. The van der Waals surface area contributed by atoms with Crippen molar-refractivity contribution in [3.05, 3.63) is 35.9 Å². The Morgan fingerprint density at radius 3 is 2.25 bits per heavy atom. The van der Waals surface area contributed by atoms with Crippen molar-refractivity contribution in [3.8, 4) is 0 Å². The average molecular weight is 332 g/mol. The highest BCUT2D eigenvalue weighted by Gasteiger charge is 2.18. The summed E-state index contributed by atoms with van der Waals surface area (Å²) >= 11 is 0. The molecule has 0 N–H and O–H groups in total. The number of ether oxygens (including phenoxy) is 1. The van der Waals surface area contributed by atoms with E-state index in [0.29, 0.717) is 6.42 Å². The first-order valence-electron chi connectivity index (χ1n) is 9.13. The lowest BCUT2D eigenvalue weighted by Crippen LogP contribution is -2.46. The summed E-state index contributed by atoms with van der Waals surface area (Å²) in [6.45, 7) is 12.4. The van der Waals surface area contributed by atoms with E-state index >= 15 is 0 Å². The van der Waals surface area contributed by atoms with Crippen LogP contribution in [0.3, 0.4) is 0 Å². The predicted octanol–water partition coefficient (Wildman–Crippen LogP) is 3.32. The van der Waals surface area contributed by atoms with Gasteiger partial charge in [-0.1, -0.05) is 30.3 Å². The maximum atomic E-state index is 11.7. The zero-order valence-corrected chi connectivity index (χ0v) is 15.5. The normalized spacial score (nSPS) is 17.0. The maximum Gasteiger partial charge on any atom is 0.306 e. The Balaban J connectivity index is 1.56. The molecule has 24 heavy (non-hydrogen) atoms. The molecule has 1 aliphatic heterocycles. The summed E-state index contributed by atoms with van der Waals surface area (Å²) in [6.07, 6.45) is 2.52. The number of hydrogen-bond donors (Lipinski definition) is 0. The molecule has 0 aliphatic carbocycles. The number of piperazine rings is 1. The third-order valence-corrected chi connectivity index (χ3v) is 4.24. The minimum absolute atomic E-state index is 0.0739. The van der Waals surface area contributed by atoms with E-state index in [2.05, 4.69) is 40.1 Å². The topological polar surface area (TPSA) is 32.8 Å². The first-order chi connectivity index (χ1) is 11.4. The minimum Gasteiger partial charge on any atom is -0.460 e. The van der Waals surface area contributed by atoms with E-state index in [1.54, 1.807) is 0 Å². The second-order valence-electron chi connectivity index (χ2n) is 7.65. The first-order valence-corrected chi connectivity index (χ1v) is 9.13. The number of rotatable bonds is 7. The Labute approximate surface area is 146 Å². The summed E-state index contributed by atoms with van der Waals surface area (Å²) < 4.78 is 5.34. The number of benzene rings is 1. The molecule has 2 rings (SSSR count). The van der Waals surface area contributed by atoms with Crippen molar-refractivity contribution in [1.29, 1.82) is 0 Å². The Bertz CT molecular complexity index is 488. The van der Waals surface area contributed by atoms with Crippen LogP contribution < -0.4 is 0 Å². The third-order valence-electron chi connectivity index (χ3n) is 4.24. The fourth-order valence-corrected chi connectivity index (χ4v) is 3.01. The van der Waals surface area contributed by atoms with Gasteiger partial charge in [0.2, 0.25) is 0 Å². The van der Waals surface area contributed by atoms with Crippen molar-refractivity contribution in [2.24, 2.45) is 0 Å². The van der Waals surface area contributed by atoms with Crippen molar-refractivity contribution in [1.82, 2.24) is 9.80 Å². The molecule has 1 aliphatic rings. The average Bonchev–Trinajstić information content (AvgIpc) is 2.52. The van der Waals surface area contributed by atoms with Gasteiger partial charge in [0.15, 0.2) is 0 Å². The maximum absolute atomic E-state index is 11.7. The van der Waals surface area contributed by atoms with E-state index in [1.165, 1.54) is 5.56 Å². The molecule has 4 heteroatoms. The van der Waals surface area contributed by atoms with E-state index < -0.39 is 0 Å². The number of carbonyl (C=O) groups excluding carboxylic acids is 1. The Morgan fingerprint density at radius 2 is 1.62 bits per heavy atom. The highest BCUT2D eigenvalue weighted by Crippen LogP contribution is 2.12. The van der Waals surface area contributed by atoms with Crippen molar-refractivity contribution >= 4 is 5.97 Å². The monoisotopic (exact) mass is 332 g/mol. The Morgan fingerprint density at radius 1 is 1.00 bits per heavy atom. The fourth-order valence-electron chi connectivity index (χ4n) is 3.01. The minimum atomic E-state index is -0.369. The number of esters is 1. The van der Waals surface area contributed by atoms with Gasteiger partial charge in [0.05, 0.1) is 0 Å². The zero-order valence-electron chi connectivity index (χ0n) is 15.5. The summed E-state index contributed by atoms with van der Waals surface area (Å²) in [5.74, 6) is -0.0739. The van der Waals surface area contributed by atoms with Crippen molar-refractivity contribution in [3.63, 3.8) is 0 Å². The van der Waals surface area contributed by atoms with Crippen LogP contribution in [-0.4, -0.2) is 54.1 Å². The molecule has 1 saturated heterocycles. The third kappa shape index (κ3) is 7.45. The van der Waals surface area contributed by atoms with Crippen LogP contribution in [0.4, 0.5) is 0 Å². The SMILES string of the molecule is CC(C)(C)OC(=O)CCCCN1CCN(Cc2ccccc2)CC1. The summed E-state index contributed by atoms with van der Waals surface area (Å²) in [6, 6.07) is 10.7. The van der Waals surface area contributed by atoms with Gasteiger partial charge in [-0.2, -0.15) is 0 Å². The van der Waals surface area contributed by atoms with Gasteiger partial charge in [-0.05, 0) is 45.7 Å². The van der Waals surface area contributed by atoms with Crippen LogP contribution in [0, 0.1) is 0 Å². The molecule has 0 bridgehead atoms. The van der Waals surface area contributed by atoms with E-state index in [0.717, 1.165) is 52.1 Å². The van der Waals surface area contributed by atoms with Crippen molar-refractivity contribution in [2.45, 2.75) is 52.2 Å². The molecule has 4 nitrogen and oxygen atoms in total. The van der Waals surface area contributed by atoms with Gasteiger partial charge in [-0.15, -0.1) is 0 Å².